The quantitative estimate of drug-likeness (QED) is 0.853. The number of rotatable bonds is 4. The van der Waals surface area contributed by atoms with E-state index >= 15 is 0 Å². The number of anilines is 1. The maximum Gasteiger partial charge on any atom is 0.119 e. The van der Waals surface area contributed by atoms with Gasteiger partial charge in [0, 0.05) is 11.7 Å². The average molecular weight is 231 g/mol. The molecule has 17 heavy (non-hydrogen) atoms. The van der Waals surface area contributed by atoms with Gasteiger partial charge in [0.1, 0.15) is 5.75 Å². The Morgan fingerprint density at radius 3 is 2.82 bits per heavy atom. The maximum atomic E-state index is 5.45. The minimum absolute atomic E-state index is 0.715. The van der Waals surface area contributed by atoms with Crippen molar-refractivity contribution in [1.29, 1.82) is 0 Å². The summed E-state index contributed by atoms with van der Waals surface area (Å²) in [5.74, 6) is 2.95. The summed E-state index contributed by atoms with van der Waals surface area (Å²) >= 11 is 0. The number of hydrogen-bond acceptors (Lipinski definition) is 2. The molecule has 0 heterocycles. The Hall–Kier alpha value is -1.18. The highest BCUT2D eigenvalue weighted by molar-refractivity contribution is 5.47. The number of benzene rings is 1. The first-order valence-electron chi connectivity index (χ1n) is 6.86. The van der Waals surface area contributed by atoms with Gasteiger partial charge in [0.05, 0.1) is 6.61 Å². The fraction of sp³-hybridized carbons (Fsp3) is 0.600. The van der Waals surface area contributed by atoms with Gasteiger partial charge in [-0.25, -0.2) is 0 Å². The molecule has 2 saturated carbocycles. The summed E-state index contributed by atoms with van der Waals surface area (Å²) < 4.78 is 5.45. The Balaban J connectivity index is 1.60. The molecule has 0 spiro atoms. The van der Waals surface area contributed by atoms with E-state index in [1.54, 1.807) is 0 Å². The molecule has 1 aromatic rings. The monoisotopic (exact) mass is 231 g/mol. The molecule has 92 valence electrons. The summed E-state index contributed by atoms with van der Waals surface area (Å²) in [6.07, 6.45) is 5.66. The molecule has 0 saturated heterocycles. The van der Waals surface area contributed by atoms with Gasteiger partial charge in [0.25, 0.3) is 0 Å². The van der Waals surface area contributed by atoms with Crippen molar-refractivity contribution in [1.82, 2.24) is 0 Å². The molecule has 2 nitrogen and oxygen atoms in total. The van der Waals surface area contributed by atoms with Crippen molar-refractivity contribution in [3.63, 3.8) is 0 Å². The second kappa shape index (κ2) is 4.59. The van der Waals surface area contributed by atoms with Crippen LogP contribution < -0.4 is 10.1 Å². The van der Waals surface area contributed by atoms with Crippen LogP contribution >= 0.6 is 0 Å². The van der Waals surface area contributed by atoms with Crippen LogP contribution in [0.15, 0.2) is 24.3 Å². The summed E-state index contributed by atoms with van der Waals surface area (Å²) in [7, 11) is 0. The zero-order valence-electron chi connectivity index (χ0n) is 10.5. The zero-order chi connectivity index (χ0) is 11.7. The van der Waals surface area contributed by atoms with Crippen molar-refractivity contribution >= 4 is 5.69 Å². The van der Waals surface area contributed by atoms with E-state index in [4.69, 9.17) is 4.74 Å². The highest BCUT2D eigenvalue weighted by atomic mass is 16.5. The lowest BCUT2D eigenvalue weighted by Gasteiger charge is -2.23. The smallest absolute Gasteiger partial charge is 0.119 e. The molecule has 2 aliphatic rings. The average Bonchev–Trinajstić information content (AvgIpc) is 3.12. The van der Waals surface area contributed by atoms with Crippen molar-refractivity contribution in [3.05, 3.63) is 24.3 Å². The third-order valence-electron chi connectivity index (χ3n) is 4.10. The van der Waals surface area contributed by atoms with Crippen LogP contribution in [0.1, 0.15) is 32.6 Å². The van der Waals surface area contributed by atoms with Gasteiger partial charge in [0.2, 0.25) is 0 Å². The highest BCUT2D eigenvalue weighted by Crippen LogP contribution is 2.50. The van der Waals surface area contributed by atoms with Crippen molar-refractivity contribution in [2.75, 3.05) is 11.9 Å². The Morgan fingerprint density at radius 1 is 1.24 bits per heavy atom. The number of ether oxygens (including phenoxy) is 1. The lowest BCUT2D eigenvalue weighted by Crippen LogP contribution is -2.25. The predicted octanol–water partition coefficient (Wildman–Crippen LogP) is 3.69. The minimum Gasteiger partial charge on any atom is -0.494 e. The van der Waals surface area contributed by atoms with E-state index < -0.39 is 0 Å². The van der Waals surface area contributed by atoms with Crippen molar-refractivity contribution in [2.24, 2.45) is 11.8 Å². The van der Waals surface area contributed by atoms with E-state index in [2.05, 4.69) is 29.6 Å². The van der Waals surface area contributed by atoms with Gasteiger partial charge in [-0.3, -0.25) is 0 Å². The standard InChI is InChI=1S/C15H21NO/c1-2-17-13-8-6-12(7-9-13)16-15-5-3-4-11-10-14(11)15/h6-9,11,14-16H,2-5,10H2,1H3/t11-,14+,15?/m0/s1. The maximum absolute atomic E-state index is 5.45. The molecule has 0 aliphatic heterocycles. The molecule has 0 amide bonds. The molecule has 3 atom stereocenters. The molecule has 2 fully saturated rings. The van der Waals surface area contributed by atoms with Crippen LogP contribution in [-0.2, 0) is 0 Å². The largest absolute Gasteiger partial charge is 0.494 e. The summed E-state index contributed by atoms with van der Waals surface area (Å²) in [5, 5.41) is 3.69. The lowest BCUT2D eigenvalue weighted by atomic mass is 9.95. The molecule has 1 N–H and O–H groups in total. The van der Waals surface area contributed by atoms with Gasteiger partial charge < -0.3 is 10.1 Å². The summed E-state index contributed by atoms with van der Waals surface area (Å²) in [6.45, 7) is 2.75. The van der Waals surface area contributed by atoms with E-state index in [-0.39, 0.29) is 0 Å². The molecular formula is C15H21NO. The topological polar surface area (TPSA) is 21.3 Å². The van der Waals surface area contributed by atoms with E-state index in [0.717, 1.165) is 24.2 Å². The molecule has 3 rings (SSSR count). The number of fused-ring (bicyclic) bond motifs is 1. The Labute approximate surface area is 103 Å². The SMILES string of the molecule is CCOc1ccc(NC2CCC[C@H]3C[C@@H]23)cc1. The fourth-order valence-corrected chi connectivity index (χ4v) is 3.12. The second-order valence-corrected chi connectivity index (χ2v) is 5.30. The first-order valence-corrected chi connectivity index (χ1v) is 6.86. The molecular weight excluding hydrogens is 210 g/mol. The molecule has 1 unspecified atom stereocenters. The number of nitrogens with one attached hydrogen (secondary N) is 1. The third-order valence-corrected chi connectivity index (χ3v) is 4.10. The normalized spacial score (nSPS) is 30.5. The zero-order valence-corrected chi connectivity index (χ0v) is 10.5. The van der Waals surface area contributed by atoms with Gasteiger partial charge in [-0.15, -0.1) is 0 Å². The van der Waals surface area contributed by atoms with E-state index in [0.29, 0.717) is 6.04 Å². The minimum atomic E-state index is 0.715. The van der Waals surface area contributed by atoms with E-state index in [1.807, 2.05) is 6.92 Å². The van der Waals surface area contributed by atoms with Gasteiger partial charge in [-0.2, -0.15) is 0 Å². The summed E-state index contributed by atoms with van der Waals surface area (Å²) in [6, 6.07) is 9.10. The second-order valence-electron chi connectivity index (χ2n) is 5.30. The van der Waals surface area contributed by atoms with Crippen LogP contribution in [-0.4, -0.2) is 12.6 Å². The highest BCUT2D eigenvalue weighted by Gasteiger charge is 2.44. The van der Waals surface area contributed by atoms with Crippen LogP contribution in [0.5, 0.6) is 5.75 Å². The van der Waals surface area contributed by atoms with Gasteiger partial charge in [-0.05, 0) is 55.9 Å². The molecule has 0 aromatic heterocycles. The van der Waals surface area contributed by atoms with Crippen molar-refractivity contribution < 1.29 is 4.74 Å². The molecule has 0 radical (unpaired) electrons. The molecule has 2 heteroatoms. The first kappa shape index (κ1) is 10.9. The van der Waals surface area contributed by atoms with Gasteiger partial charge in [0.15, 0.2) is 0 Å². The van der Waals surface area contributed by atoms with Crippen molar-refractivity contribution in [3.8, 4) is 5.75 Å². The molecule has 1 aromatic carbocycles. The first-order chi connectivity index (χ1) is 8.36. The summed E-state index contributed by atoms with van der Waals surface area (Å²) in [5.41, 5.74) is 1.24. The van der Waals surface area contributed by atoms with Crippen molar-refractivity contribution in [2.45, 2.75) is 38.6 Å². The Kier molecular flexibility index (Phi) is 2.96. The Bertz CT molecular complexity index is 373. The summed E-state index contributed by atoms with van der Waals surface area (Å²) in [4.78, 5) is 0. The van der Waals surface area contributed by atoms with Crippen LogP contribution in [0, 0.1) is 11.8 Å². The fourth-order valence-electron chi connectivity index (χ4n) is 3.12. The lowest BCUT2D eigenvalue weighted by molar-refractivity contribution is 0.340. The van der Waals surface area contributed by atoms with E-state index in [9.17, 15) is 0 Å². The Morgan fingerprint density at radius 2 is 2.06 bits per heavy atom. The van der Waals surface area contributed by atoms with Crippen LogP contribution in [0.25, 0.3) is 0 Å². The van der Waals surface area contributed by atoms with Crippen LogP contribution in [0.2, 0.25) is 0 Å². The van der Waals surface area contributed by atoms with Crippen LogP contribution in [0.3, 0.4) is 0 Å². The van der Waals surface area contributed by atoms with Gasteiger partial charge >= 0.3 is 0 Å². The van der Waals surface area contributed by atoms with Crippen LogP contribution in [0.4, 0.5) is 5.69 Å². The van der Waals surface area contributed by atoms with E-state index in [1.165, 1.54) is 31.4 Å². The molecule has 0 bridgehead atoms. The predicted molar refractivity (Wildman–Crippen MR) is 70.5 cm³/mol. The van der Waals surface area contributed by atoms with Gasteiger partial charge in [-0.1, -0.05) is 12.8 Å². The third kappa shape index (κ3) is 2.41. The molecule has 2 aliphatic carbocycles. The number of hydrogen-bond donors (Lipinski definition) is 1.